The van der Waals surface area contributed by atoms with E-state index in [1.165, 1.54) is 0 Å². The molecule has 0 aliphatic rings. The van der Waals surface area contributed by atoms with Crippen LogP contribution < -0.4 is 10.6 Å². The number of alkyl carbamates (subject to hydrolysis) is 2. The molecule has 0 bridgehead atoms. The molecule has 1 aromatic heterocycles. The quantitative estimate of drug-likeness (QED) is 0.257. The Morgan fingerprint density at radius 2 is 1.03 bits per heavy atom. The highest BCUT2D eigenvalue weighted by molar-refractivity contribution is 6.07. The lowest BCUT2D eigenvalue weighted by atomic mass is 10.1. The van der Waals surface area contributed by atoms with Crippen molar-refractivity contribution in [2.75, 3.05) is 13.2 Å². The zero-order chi connectivity index (χ0) is 28.4. The van der Waals surface area contributed by atoms with Crippen molar-refractivity contribution in [2.24, 2.45) is 9.98 Å². The van der Waals surface area contributed by atoms with Crippen molar-refractivity contribution in [3.05, 3.63) is 71.8 Å². The first kappa shape index (κ1) is 29.2. The summed E-state index contributed by atoms with van der Waals surface area (Å²) >= 11 is 0. The van der Waals surface area contributed by atoms with E-state index in [1.807, 2.05) is 88.4 Å². The second-order valence-corrected chi connectivity index (χ2v) is 9.15. The minimum absolute atomic E-state index is 0.00529. The van der Waals surface area contributed by atoms with Gasteiger partial charge in [-0.25, -0.2) is 9.59 Å². The molecule has 1 heterocycles. The van der Waals surface area contributed by atoms with Gasteiger partial charge in [-0.3, -0.25) is 20.6 Å². The van der Waals surface area contributed by atoms with Crippen LogP contribution in [0.1, 0.15) is 52.7 Å². The SMILES string of the molecule is CCOC(=O)NC(=NC(C)C)c1ccc(-c2ccc(-c3ccc(C(=NC(C)C)NC(=O)OCC)cc3)o2)cc1. The molecule has 39 heavy (non-hydrogen) atoms. The van der Waals surface area contributed by atoms with Gasteiger partial charge >= 0.3 is 12.2 Å². The van der Waals surface area contributed by atoms with Crippen LogP contribution in [0.2, 0.25) is 0 Å². The second-order valence-electron chi connectivity index (χ2n) is 9.15. The topological polar surface area (TPSA) is 115 Å². The standard InChI is InChI=1S/C30H36N4O5/c1-7-37-29(35)33-27(31-19(3)4)23-13-9-21(10-14-23)25-17-18-26(39-25)22-11-15-24(16-12-22)28(32-20(5)6)34-30(36)38-8-2/h9-20H,7-8H2,1-6H3,(H,31,33,35)(H,32,34,36). The Kier molecular flexibility index (Phi) is 10.4. The molecule has 2 amide bonds. The Bertz CT molecular complexity index is 1210. The van der Waals surface area contributed by atoms with Gasteiger partial charge in [0.2, 0.25) is 0 Å². The number of furan rings is 1. The first-order chi connectivity index (χ1) is 18.7. The lowest BCUT2D eigenvalue weighted by Crippen LogP contribution is -2.32. The lowest BCUT2D eigenvalue weighted by molar-refractivity contribution is 0.157. The van der Waals surface area contributed by atoms with Crippen LogP contribution in [0.3, 0.4) is 0 Å². The molecule has 0 unspecified atom stereocenters. The van der Waals surface area contributed by atoms with Crippen LogP contribution in [0.5, 0.6) is 0 Å². The Morgan fingerprint density at radius 1 is 0.667 bits per heavy atom. The Balaban J connectivity index is 1.78. The van der Waals surface area contributed by atoms with E-state index in [0.29, 0.717) is 23.2 Å². The number of hydrogen-bond donors (Lipinski definition) is 2. The van der Waals surface area contributed by atoms with Crippen LogP contribution >= 0.6 is 0 Å². The third-order valence-electron chi connectivity index (χ3n) is 5.26. The molecule has 9 nitrogen and oxygen atoms in total. The van der Waals surface area contributed by atoms with E-state index in [9.17, 15) is 9.59 Å². The van der Waals surface area contributed by atoms with Gasteiger partial charge in [-0.2, -0.15) is 0 Å². The molecule has 0 atom stereocenters. The first-order valence-corrected chi connectivity index (χ1v) is 13.0. The van der Waals surface area contributed by atoms with Crippen molar-refractivity contribution in [2.45, 2.75) is 53.6 Å². The summed E-state index contributed by atoms with van der Waals surface area (Å²) in [6.45, 7) is 11.8. The second kappa shape index (κ2) is 13.9. The number of nitrogens with zero attached hydrogens (tertiary/aromatic N) is 2. The molecular weight excluding hydrogens is 496 g/mol. The van der Waals surface area contributed by atoms with Crippen molar-refractivity contribution < 1.29 is 23.5 Å². The molecule has 0 spiro atoms. The number of carbonyl (C=O) groups is 2. The minimum Gasteiger partial charge on any atom is -0.456 e. The zero-order valence-corrected chi connectivity index (χ0v) is 23.3. The molecule has 0 saturated heterocycles. The number of benzene rings is 2. The van der Waals surface area contributed by atoms with Gasteiger partial charge in [0.05, 0.1) is 13.2 Å². The van der Waals surface area contributed by atoms with Gasteiger partial charge in [0.1, 0.15) is 23.2 Å². The van der Waals surface area contributed by atoms with E-state index >= 15 is 0 Å². The summed E-state index contributed by atoms with van der Waals surface area (Å²) in [6.07, 6.45) is -1.08. The average Bonchev–Trinajstić information content (AvgIpc) is 3.38. The van der Waals surface area contributed by atoms with Gasteiger partial charge < -0.3 is 13.9 Å². The van der Waals surface area contributed by atoms with Gasteiger partial charge in [0, 0.05) is 34.3 Å². The fourth-order valence-electron chi connectivity index (χ4n) is 3.63. The molecule has 2 aromatic carbocycles. The molecule has 9 heteroatoms. The van der Waals surface area contributed by atoms with Gasteiger partial charge in [0.25, 0.3) is 0 Å². The lowest BCUT2D eigenvalue weighted by Gasteiger charge is -2.11. The van der Waals surface area contributed by atoms with E-state index in [4.69, 9.17) is 13.9 Å². The molecule has 0 aliphatic heterocycles. The van der Waals surface area contributed by atoms with E-state index in [1.54, 1.807) is 13.8 Å². The third kappa shape index (κ3) is 8.56. The molecular formula is C30H36N4O5. The van der Waals surface area contributed by atoms with Crippen LogP contribution in [-0.4, -0.2) is 49.2 Å². The molecule has 0 radical (unpaired) electrons. The Morgan fingerprint density at radius 3 is 1.33 bits per heavy atom. The predicted molar refractivity (Wildman–Crippen MR) is 153 cm³/mol. The molecule has 3 aromatic rings. The molecule has 2 N–H and O–H groups in total. The number of carbonyl (C=O) groups excluding carboxylic acids is 2. The number of hydrogen-bond acceptors (Lipinski definition) is 7. The van der Waals surface area contributed by atoms with E-state index in [2.05, 4.69) is 20.6 Å². The first-order valence-electron chi connectivity index (χ1n) is 13.0. The number of rotatable bonds is 8. The van der Waals surface area contributed by atoms with Crippen molar-refractivity contribution in [3.8, 4) is 22.6 Å². The third-order valence-corrected chi connectivity index (χ3v) is 5.26. The summed E-state index contributed by atoms with van der Waals surface area (Å²) in [7, 11) is 0. The number of amidine groups is 2. The van der Waals surface area contributed by atoms with Crippen LogP contribution in [0.4, 0.5) is 9.59 Å². The van der Waals surface area contributed by atoms with Gasteiger partial charge in [0.15, 0.2) is 0 Å². The molecule has 3 rings (SSSR count). The number of nitrogens with one attached hydrogen (secondary N) is 2. The maximum atomic E-state index is 12.0. The monoisotopic (exact) mass is 532 g/mol. The van der Waals surface area contributed by atoms with Crippen LogP contribution in [0.25, 0.3) is 22.6 Å². The molecule has 0 saturated carbocycles. The van der Waals surface area contributed by atoms with E-state index < -0.39 is 12.2 Å². The molecule has 206 valence electrons. The normalized spacial score (nSPS) is 12.0. The number of ether oxygens (including phenoxy) is 2. The van der Waals surface area contributed by atoms with Gasteiger partial charge in [-0.05, 0) is 53.7 Å². The summed E-state index contributed by atoms with van der Waals surface area (Å²) in [6, 6.07) is 19.0. The number of amides is 2. The predicted octanol–water partition coefficient (Wildman–Crippen LogP) is 6.42. The van der Waals surface area contributed by atoms with E-state index in [0.717, 1.165) is 22.3 Å². The van der Waals surface area contributed by atoms with E-state index in [-0.39, 0.29) is 25.3 Å². The van der Waals surface area contributed by atoms with Gasteiger partial charge in [-0.1, -0.05) is 48.5 Å². The molecule has 0 aliphatic carbocycles. The maximum absolute atomic E-state index is 12.0. The number of aliphatic imine (C=N–C) groups is 2. The highest BCUT2D eigenvalue weighted by Crippen LogP contribution is 2.29. The smallest absolute Gasteiger partial charge is 0.412 e. The van der Waals surface area contributed by atoms with Crippen molar-refractivity contribution in [3.63, 3.8) is 0 Å². The Hall–Kier alpha value is -4.40. The van der Waals surface area contributed by atoms with Gasteiger partial charge in [-0.15, -0.1) is 0 Å². The average molecular weight is 533 g/mol. The summed E-state index contributed by atoms with van der Waals surface area (Å²) in [5.41, 5.74) is 3.29. The van der Waals surface area contributed by atoms with Crippen molar-refractivity contribution >= 4 is 23.9 Å². The maximum Gasteiger partial charge on any atom is 0.412 e. The highest BCUT2D eigenvalue weighted by Gasteiger charge is 2.14. The van der Waals surface area contributed by atoms with Crippen molar-refractivity contribution in [1.29, 1.82) is 0 Å². The summed E-state index contributed by atoms with van der Waals surface area (Å²) in [4.78, 5) is 32.9. The van der Waals surface area contributed by atoms with Crippen molar-refractivity contribution in [1.82, 2.24) is 10.6 Å². The highest BCUT2D eigenvalue weighted by atomic mass is 16.6. The Labute approximate surface area is 229 Å². The largest absolute Gasteiger partial charge is 0.456 e. The summed E-state index contributed by atoms with van der Waals surface area (Å²) in [5, 5.41) is 5.43. The van der Waals surface area contributed by atoms with Crippen LogP contribution in [0.15, 0.2) is 75.1 Å². The van der Waals surface area contributed by atoms with Crippen LogP contribution in [0, 0.1) is 0 Å². The molecule has 0 fully saturated rings. The summed E-state index contributed by atoms with van der Waals surface area (Å²) < 4.78 is 16.1. The fraction of sp³-hybridized carbons (Fsp3) is 0.333. The summed E-state index contributed by atoms with van der Waals surface area (Å²) in [5.74, 6) is 2.31. The fourth-order valence-corrected chi connectivity index (χ4v) is 3.63. The van der Waals surface area contributed by atoms with Crippen LogP contribution in [-0.2, 0) is 9.47 Å². The minimum atomic E-state index is -0.540. The zero-order valence-electron chi connectivity index (χ0n) is 23.3.